The average molecular weight is 447 g/mol. The Morgan fingerprint density at radius 2 is 1.84 bits per heavy atom. The maximum Gasteiger partial charge on any atom is 0.325 e. The first kappa shape index (κ1) is 22.7. The molecule has 1 unspecified atom stereocenters. The molecule has 1 aromatic carbocycles. The van der Waals surface area contributed by atoms with E-state index >= 15 is 0 Å². The lowest BCUT2D eigenvalue weighted by Gasteiger charge is -2.16. The standard InChI is InChI=1S/C22H26N2O6S/c1-14-6-4-5-7-18(14)22(27)23-11-21(26)30-12-20(25)19-10-15(2)24(16(19)3)17-8-9-31(28,29)13-17/h4-7,10,17H,8-9,11-13H2,1-3H3,(H,23,27). The predicted octanol–water partition coefficient (Wildman–Crippen LogP) is 1.93. The van der Waals surface area contributed by atoms with E-state index in [1.807, 2.05) is 17.6 Å². The lowest BCUT2D eigenvalue weighted by molar-refractivity contribution is -0.141. The molecule has 1 fully saturated rings. The number of aryl methyl sites for hydroxylation is 2. The van der Waals surface area contributed by atoms with Gasteiger partial charge in [0.2, 0.25) is 5.78 Å². The van der Waals surface area contributed by atoms with Gasteiger partial charge < -0.3 is 14.6 Å². The van der Waals surface area contributed by atoms with Crippen LogP contribution in [0.1, 0.15) is 50.1 Å². The Morgan fingerprint density at radius 1 is 1.13 bits per heavy atom. The maximum atomic E-state index is 12.6. The van der Waals surface area contributed by atoms with E-state index in [9.17, 15) is 22.8 Å². The molecule has 0 bridgehead atoms. The molecule has 1 amide bonds. The number of carbonyl (C=O) groups excluding carboxylic acids is 3. The first-order valence-corrected chi connectivity index (χ1v) is 11.8. The van der Waals surface area contributed by atoms with Crippen LogP contribution in [-0.2, 0) is 19.4 Å². The SMILES string of the molecule is Cc1ccccc1C(=O)NCC(=O)OCC(=O)c1cc(C)n(C2CCS(=O)(=O)C2)c1C. The third-order valence-corrected chi connectivity index (χ3v) is 7.26. The molecule has 9 heteroatoms. The summed E-state index contributed by atoms with van der Waals surface area (Å²) in [4.78, 5) is 36.7. The Labute approximate surface area is 181 Å². The van der Waals surface area contributed by atoms with Crippen LogP contribution in [0.3, 0.4) is 0 Å². The summed E-state index contributed by atoms with van der Waals surface area (Å²) in [5.41, 5.74) is 3.11. The largest absolute Gasteiger partial charge is 0.456 e. The molecule has 2 aromatic rings. The fourth-order valence-corrected chi connectivity index (χ4v) is 5.65. The molecule has 1 aliphatic heterocycles. The molecule has 1 N–H and O–H groups in total. The van der Waals surface area contributed by atoms with Crippen molar-refractivity contribution >= 4 is 27.5 Å². The molecule has 166 valence electrons. The normalized spacial score (nSPS) is 17.3. The summed E-state index contributed by atoms with van der Waals surface area (Å²) in [7, 11) is -3.06. The monoisotopic (exact) mass is 446 g/mol. The molecule has 2 heterocycles. The van der Waals surface area contributed by atoms with Gasteiger partial charge in [-0.15, -0.1) is 0 Å². The van der Waals surface area contributed by atoms with E-state index in [4.69, 9.17) is 4.74 Å². The Hall–Kier alpha value is -2.94. The third kappa shape index (κ3) is 5.22. The lowest BCUT2D eigenvalue weighted by atomic mass is 10.1. The minimum absolute atomic E-state index is 0.0621. The van der Waals surface area contributed by atoms with Crippen molar-refractivity contribution in [2.75, 3.05) is 24.7 Å². The van der Waals surface area contributed by atoms with Crippen LogP contribution in [0.5, 0.6) is 0 Å². The molecule has 31 heavy (non-hydrogen) atoms. The predicted molar refractivity (Wildman–Crippen MR) is 115 cm³/mol. The molecule has 0 radical (unpaired) electrons. The van der Waals surface area contributed by atoms with E-state index in [1.54, 1.807) is 38.1 Å². The number of amides is 1. The number of Topliss-reactive ketones (excluding diaryl/α,β-unsaturated/α-hetero) is 1. The molecule has 1 saturated heterocycles. The van der Waals surface area contributed by atoms with Gasteiger partial charge >= 0.3 is 5.97 Å². The van der Waals surface area contributed by atoms with Crippen molar-refractivity contribution in [2.45, 2.75) is 33.2 Å². The summed E-state index contributed by atoms with van der Waals surface area (Å²) in [5.74, 6) is -1.28. The Kier molecular flexibility index (Phi) is 6.64. The van der Waals surface area contributed by atoms with Crippen molar-refractivity contribution in [1.82, 2.24) is 9.88 Å². The van der Waals surface area contributed by atoms with Gasteiger partial charge in [-0.05, 0) is 44.9 Å². The highest BCUT2D eigenvalue weighted by Crippen LogP contribution is 2.29. The Balaban J connectivity index is 1.56. The Bertz CT molecular complexity index is 1130. The Morgan fingerprint density at radius 3 is 2.48 bits per heavy atom. The summed E-state index contributed by atoms with van der Waals surface area (Å²) in [6, 6.07) is 8.50. The number of sulfone groups is 1. The average Bonchev–Trinajstić information content (AvgIpc) is 3.22. The molecule has 0 saturated carbocycles. The fraction of sp³-hybridized carbons (Fsp3) is 0.409. The van der Waals surface area contributed by atoms with Crippen molar-refractivity contribution in [3.63, 3.8) is 0 Å². The number of hydrogen-bond donors (Lipinski definition) is 1. The van der Waals surface area contributed by atoms with Crippen LogP contribution in [0, 0.1) is 20.8 Å². The number of hydrogen-bond acceptors (Lipinski definition) is 6. The zero-order valence-corrected chi connectivity index (χ0v) is 18.6. The van der Waals surface area contributed by atoms with Crippen LogP contribution in [0.4, 0.5) is 0 Å². The van der Waals surface area contributed by atoms with Crippen LogP contribution < -0.4 is 5.32 Å². The zero-order chi connectivity index (χ0) is 22.8. The van der Waals surface area contributed by atoms with Crippen LogP contribution >= 0.6 is 0 Å². The quantitative estimate of drug-likeness (QED) is 0.514. The second-order valence-electron chi connectivity index (χ2n) is 7.79. The van der Waals surface area contributed by atoms with Crippen molar-refractivity contribution in [2.24, 2.45) is 0 Å². The van der Waals surface area contributed by atoms with E-state index < -0.39 is 28.3 Å². The fourth-order valence-electron chi connectivity index (χ4n) is 3.95. The molecule has 1 aromatic heterocycles. The van der Waals surface area contributed by atoms with E-state index in [0.29, 0.717) is 23.2 Å². The number of ketones is 1. The van der Waals surface area contributed by atoms with E-state index in [0.717, 1.165) is 11.3 Å². The van der Waals surface area contributed by atoms with Gasteiger partial charge in [0.1, 0.15) is 6.54 Å². The smallest absolute Gasteiger partial charge is 0.325 e. The topological polar surface area (TPSA) is 112 Å². The number of carbonyl (C=O) groups is 3. The van der Waals surface area contributed by atoms with Gasteiger partial charge in [-0.1, -0.05) is 18.2 Å². The van der Waals surface area contributed by atoms with E-state index in [1.165, 1.54) is 0 Å². The van der Waals surface area contributed by atoms with Gasteiger partial charge in [0.25, 0.3) is 5.91 Å². The maximum absolute atomic E-state index is 12.6. The van der Waals surface area contributed by atoms with Crippen LogP contribution in [0.2, 0.25) is 0 Å². The molecular weight excluding hydrogens is 420 g/mol. The summed E-state index contributed by atoms with van der Waals surface area (Å²) >= 11 is 0. The molecule has 3 rings (SSSR count). The summed E-state index contributed by atoms with van der Waals surface area (Å²) < 4.78 is 30.5. The van der Waals surface area contributed by atoms with Crippen molar-refractivity contribution in [1.29, 1.82) is 0 Å². The van der Waals surface area contributed by atoms with Gasteiger partial charge in [0.15, 0.2) is 16.4 Å². The second-order valence-corrected chi connectivity index (χ2v) is 10.0. The number of nitrogens with one attached hydrogen (secondary N) is 1. The van der Waals surface area contributed by atoms with Crippen molar-refractivity contribution in [3.8, 4) is 0 Å². The van der Waals surface area contributed by atoms with Gasteiger partial charge in [0.05, 0.1) is 11.5 Å². The van der Waals surface area contributed by atoms with Gasteiger partial charge in [0, 0.05) is 28.6 Å². The summed E-state index contributed by atoms with van der Waals surface area (Å²) in [6.45, 7) is 4.58. The highest BCUT2D eigenvalue weighted by atomic mass is 32.2. The molecule has 8 nitrogen and oxygen atoms in total. The van der Waals surface area contributed by atoms with Crippen molar-refractivity contribution < 1.29 is 27.5 Å². The van der Waals surface area contributed by atoms with Gasteiger partial charge in [-0.2, -0.15) is 0 Å². The molecule has 1 aliphatic rings. The number of rotatable bonds is 7. The van der Waals surface area contributed by atoms with Crippen LogP contribution in [0.15, 0.2) is 30.3 Å². The summed E-state index contributed by atoms with van der Waals surface area (Å²) in [5, 5.41) is 2.49. The lowest BCUT2D eigenvalue weighted by Crippen LogP contribution is -2.31. The highest BCUT2D eigenvalue weighted by molar-refractivity contribution is 7.91. The van der Waals surface area contributed by atoms with Gasteiger partial charge in [-0.3, -0.25) is 14.4 Å². The van der Waals surface area contributed by atoms with Crippen LogP contribution in [-0.4, -0.2) is 55.3 Å². The number of nitrogens with zero attached hydrogens (tertiary/aromatic N) is 1. The molecular formula is C22H26N2O6S. The molecule has 0 aliphatic carbocycles. The number of ether oxygens (including phenoxy) is 1. The van der Waals surface area contributed by atoms with Crippen molar-refractivity contribution in [3.05, 3.63) is 58.4 Å². The minimum Gasteiger partial charge on any atom is -0.456 e. The number of benzene rings is 1. The first-order valence-electron chi connectivity index (χ1n) is 10.0. The first-order chi connectivity index (χ1) is 14.6. The highest BCUT2D eigenvalue weighted by Gasteiger charge is 2.31. The van der Waals surface area contributed by atoms with E-state index in [2.05, 4.69) is 5.32 Å². The van der Waals surface area contributed by atoms with Gasteiger partial charge in [-0.25, -0.2) is 8.42 Å². The minimum atomic E-state index is -3.06. The second kappa shape index (κ2) is 9.05. The third-order valence-electron chi connectivity index (χ3n) is 5.51. The number of esters is 1. The van der Waals surface area contributed by atoms with Crippen LogP contribution in [0.25, 0.3) is 0 Å². The molecule has 1 atom stereocenters. The summed E-state index contributed by atoms with van der Waals surface area (Å²) in [6.07, 6.45) is 0.516. The number of aromatic nitrogens is 1. The molecule has 0 spiro atoms. The zero-order valence-electron chi connectivity index (χ0n) is 17.8. The van der Waals surface area contributed by atoms with E-state index in [-0.39, 0.29) is 29.9 Å².